The summed E-state index contributed by atoms with van der Waals surface area (Å²) in [5.74, 6) is 0.747. The van der Waals surface area contributed by atoms with Crippen LogP contribution in [0.4, 0.5) is 4.79 Å². The Morgan fingerprint density at radius 3 is 2.78 bits per heavy atom. The third kappa shape index (κ3) is 2.43. The molecule has 1 saturated heterocycles. The average molecular weight is 381 g/mol. The lowest BCUT2D eigenvalue weighted by molar-refractivity contribution is 0.00843. The van der Waals surface area contributed by atoms with Crippen LogP contribution in [0.15, 0.2) is 27.1 Å². The SMILES string of the molecule is C[C@@H]1CN(C(=O)O)[C@](c2nc3ccc(Br)cc3o2)(C(C)(C)C)C1. The van der Waals surface area contributed by atoms with Crippen LogP contribution in [0, 0.1) is 11.3 Å². The van der Waals surface area contributed by atoms with Crippen molar-refractivity contribution in [2.24, 2.45) is 11.3 Å². The van der Waals surface area contributed by atoms with Crippen LogP contribution in [-0.4, -0.2) is 27.6 Å². The first-order chi connectivity index (χ1) is 10.6. The molecule has 1 aliphatic heterocycles. The lowest BCUT2D eigenvalue weighted by Crippen LogP contribution is -2.53. The second kappa shape index (κ2) is 5.23. The molecule has 2 aromatic rings. The molecule has 0 aliphatic carbocycles. The van der Waals surface area contributed by atoms with Crippen molar-refractivity contribution in [1.82, 2.24) is 9.88 Å². The Labute approximate surface area is 143 Å². The average Bonchev–Trinajstić information content (AvgIpc) is 2.98. The minimum absolute atomic E-state index is 0.257. The van der Waals surface area contributed by atoms with Crippen LogP contribution in [0.25, 0.3) is 11.1 Å². The van der Waals surface area contributed by atoms with Gasteiger partial charge < -0.3 is 9.52 Å². The lowest BCUT2D eigenvalue weighted by Gasteiger charge is -2.44. The number of likely N-dealkylation sites (tertiary alicyclic amines) is 1. The molecular weight excluding hydrogens is 360 g/mol. The Balaban J connectivity index is 2.24. The molecule has 2 atom stereocenters. The van der Waals surface area contributed by atoms with Gasteiger partial charge in [0.2, 0.25) is 5.89 Å². The van der Waals surface area contributed by atoms with E-state index >= 15 is 0 Å². The summed E-state index contributed by atoms with van der Waals surface area (Å²) in [7, 11) is 0. The van der Waals surface area contributed by atoms with Gasteiger partial charge in [0.25, 0.3) is 0 Å². The fourth-order valence-corrected chi connectivity index (χ4v) is 4.04. The predicted molar refractivity (Wildman–Crippen MR) is 91.4 cm³/mol. The highest BCUT2D eigenvalue weighted by Crippen LogP contribution is 2.53. The third-order valence-electron chi connectivity index (χ3n) is 4.77. The number of carbonyl (C=O) groups is 1. The first kappa shape index (κ1) is 16.3. The molecule has 0 spiro atoms. The molecule has 1 aromatic carbocycles. The van der Waals surface area contributed by atoms with E-state index in [1.807, 2.05) is 39.0 Å². The summed E-state index contributed by atoms with van der Waals surface area (Å²) >= 11 is 3.43. The number of benzene rings is 1. The molecule has 3 rings (SSSR count). The van der Waals surface area contributed by atoms with Crippen molar-refractivity contribution in [2.45, 2.75) is 39.7 Å². The Hall–Kier alpha value is -1.56. The van der Waals surface area contributed by atoms with Gasteiger partial charge in [-0.3, -0.25) is 4.90 Å². The number of amides is 1. The molecule has 23 heavy (non-hydrogen) atoms. The van der Waals surface area contributed by atoms with Crippen LogP contribution in [0.5, 0.6) is 0 Å². The Morgan fingerprint density at radius 2 is 2.17 bits per heavy atom. The molecule has 0 saturated carbocycles. The molecule has 6 heteroatoms. The summed E-state index contributed by atoms with van der Waals surface area (Å²) in [6.45, 7) is 8.71. The molecule has 0 radical (unpaired) electrons. The van der Waals surface area contributed by atoms with Crippen LogP contribution in [0.2, 0.25) is 0 Å². The zero-order chi connectivity index (χ0) is 17.0. The number of aromatic nitrogens is 1. The van der Waals surface area contributed by atoms with E-state index in [2.05, 4.69) is 27.8 Å². The standard InChI is InChI=1S/C17H21BrN2O3/c1-10-8-17(16(2,3)4,20(9-10)15(21)22)14-19-12-6-5-11(18)7-13(12)23-14/h5-7,10H,8-9H2,1-4H3,(H,21,22)/t10-,17+/m0/s1. The summed E-state index contributed by atoms with van der Waals surface area (Å²) in [5, 5.41) is 9.76. The molecule has 1 N–H and O–H groups in total. The molecule has 2 heterocycles. The monoisotopic (exact) mass is 380 g/mol. The number of carboxylic acid groups (broad SMARTS) is 1. The molecule has 1 fully saturated rings. The van der Waals surface area contributed by atoms with Crippen molar-refractivity contribution in [1.29, 1.82) is 0 Å². The van der Waals surface area contributed by atoms with Gasteiger partial charge in [-0.2, -0.15) is 0 Å². The van der Waals surface area contributed by atoms with E-state index in [9.17, 15) is 9.90 Å². The molecule has 0 unspecified atom stereocenters. The van der Waals surface area contributed by atoms with Crippen molar-refractivity contribution >= 4 is 33.1 Å². The minimum Gasteiger partial charge on any atom is -0.465 e. The van der Waals surface area contributed by atoms with E-state index < -0.39 is 11.6 Å². The summed E-state index contributed by atoms with van der Waals surface area (Å²) < 4.78 is 6.95. The Bertz CT molecular complexity index is 765. The quantitative estimate of drug-likeness (QED) is 0.767. The van der Waals surface area contributed by atoms with Crippen molar-refractivity contribution in [3.8, 4) is 0 Å². The maximum atomic E-state index is 11.9. The third-order valence-corrected chi connectivity index (χ3v) is 5.27. The van der Waals surface area contributed by atoms with Crippen molar-refractivity contribution in [3.05, 3.63) is 28.6 Å². The van der Waals surface area contributed by atoms with Crippen LogP contribution >= 0.6 is 15.9 Å². The van der Waals surface area contributed by atoms with Crippen molar-refractivity contribution in [3.63, 3.8) is 0 Å². The number of oxazole rings is 1. The highest BCUT2D eigenvalue weighted by Gasteiger charge is 2.58. The van der Waals surface area contributed by atoms with Crippen LogP contribution in [0.1, 0.15) is 40.0 Å². The van der Waals surface area contributed by atoms with E-state index in [0.717, 1.165) is 9.99 Å². The highest BCUT2D eigenvalue weighted by atomic mass is 79.9. The van der Waals surface area contributed by atoms with Crippen LogP contribution in [-0.2, 0) is 5.54 Å². The van der Waals surface area contributed by atoms with E-state index in [0.29, 0.717) is 24.4 Å². The van der Waals surface area contributed by atoms with Gasteiger partial charge >= 0.3 is 6.09 Å². The van der Waals surface area contributed by atoms with Crippen molar-refractivity contribution in [2.75, 3.05) is 6.54 Å². The number of fused-ring (bicyclic) bond motifs is 1. The van der Waals surface area contributed by atoms with E-state index in [4.69, 9.17) is 4.42 Å². The molecule has 0 bridgehead atoms. The number of hydrogen-bond acceptors (Lipinski definition) is 3. The van der Waals surface area contributed by atoms with Gasteiger partial charge in [-0.1, -0.05) is 43.6 Å². The normalized spacial score (nSPS) is 25.3. The van der Waals surface area contributed by atoms with Crippen molar-refractivity contribution < 1.29 is 14.3 Å². The zero-order valence-corrected chi connectivity index (χ0v) is 15.3. The maximum absolute atomic E-state index is 11.9. The largest absolute Gasteiger partial charge is 0.465 e. The number of hydrogen-bond donors (Lipinski definition) is 1. The highest BCUT2D eigenvalue weighted by molar-refractivity contribution is 9.10. The second-order valence-corrected chi connectivity index (χ2v) is 8.36. The first-order valence-electron chi connectivity index (χ1n) is 7.72. The van der Waals surface area contributed by atoms with Gasteiger partial charge in [0.1, 0.15) is 11.1 Å². The van der Waals surface area contributed by atoms with E-state index in [1.54, 1.807) is 0 Å². The fraction of sp³-hybridized carbons (Fsp3) is 0.529. The van der Waals surface area contributed by atoms with E-state index in [1.165, 1.54) is 4.90 Å². The van der Waals surface area contributed by atoms with Gasteiger partial charge in [0, 0.05) is 11.0 Å². The van der Waals surface area contributed by atoms with Crippen LogP contribution in [0.3, 0.4) is 0 Å². The lowest BCUT2D eigenvalue weighted by atomic mass is 9.70. The summed E-state index contributed by atoms with van der Waals surface area (Å²) in [6, 6.07) is 5.66. The molecule has 1 aromatic heterocycles. The molecule has 5 nitrogen and oxygen atoms in total. The number of nitrogens with zero attached hydrogens (tertiary/aromatic N) is 2. The second-order valence-electron chi connectivity index (χ2n) is 7.44. The predicted octanol–water partition coefficient (Wildman–Crippen LogP) is 4.85. The smallest absolute Gasteiger partial charge is 0.408 e. The number of halogens is 1. The zero-order valence-electron chi connectivity index (χ0n) is 13.8. The number of rotatable bonds is 1. The Kier molecular flexibility index (Phi) is 3.71. The topological polar surface area (TPSA) is 66.6 Å². The van der Waals surface area contributed by atoms with Gasteiger partial charge in [-0.05, 0) is 36.0 Å². The summed E-state index contributed by atoms with van der Waals surface area (Å²) in [6.07, 6.45) is -0.218. The van der Waals surface area contributed by atoms with Gasteiger partial charge in [-0.25, -0.2) is 9.78 Å². The molecule has 1 aliphatic rings. The Morgan fingerprint density at radius 1 is 1.48 bits per heavy atom. The van der Waals surface area contributed by atoms with Gasteiger partial charge in [0.15, 0.2) is 5.58 Å². The first-order valence-corrected chi connectivity index (χ1v) is 8.51. The maximum Gasteiger partial charge on any atom is 0.408 e. The van der Waals surface area contributed by atoms with Crippen LogP contribution < -0.4 is 0 Å². The molecule has 124 valence electrons. The summed E-state index contributed by atoms with van der Waals surface area (Å²) in [4.78, 5) is 18.1. The summed E-state index contributed by atoms with van der Waals surface area (Å²) in [5.41, 5.74) is 0.317. The molecular formula is C17H21BrN2O3. The van der Waals surface area contributed by atoms with E-state index in [-0.39, 0.29) is 11.3 Å². The molecule has 1 amide bonds. The van der Waals surface area contributed by atoms with Gasteiger partial charge in [-0.15, -0.1) is 0 Å². The minimum atomic E-state index is -0.923. The van der Waals surface area contributed by atoms with Gasteiger partial charge in [0.05, 0.1) is 0 Å². The fourth-order valence-electron chi connectivity index (χ4n) is 3.70.